The molecule has 0 spiro atoms. The average molecular weight is 488 g/mol. The summed E-state index contributed by atoms with van der Waals surface area (Å²) in [5, 5.41) is 10.2. The third kappa shape index (κ3) is 4.30. The molecule has 0 unspecified atom stereocenters. The van der Waals surface area contributed by atoms with Crippen LogP contribution in [0.2, 0.25) is 0 Å². The molecule has 10 heteroatoms. The number of aromatic nitrogens is 5. The first-order valence-corrected chi connectivity index (χ1v) is 11.9. The molecule has 8 nitrogen and oxygen atoms in total. The number of nitrogens with zero attached hydrogens (tertiary/aromatic N) is 5. The predicted molar refractivity (Wildman–Crippen MR) is 131 cm³/mol. The lowest BCUT2D eigenvalue weighted by molar-refractivity contribution is -0.0794. The van der Waals surface area contributed by atoms with E-state index in [1.54, 1.807) is 41.4 Å². The van der Waals surface area contributed by atoms with E-state index in [0.29, 0.717) is 22.7 Å². The highest BCUT2D eigenvalue weighted by Crippen LogP contribution is 2.39. The standard InChI is InChI=1S/C26H23F2N7O/c27-26(28)11-18(12-26)33-25-30-14-20-19(5-1-2-6-22(20)34-25)16-7-9-35-23(10-16)21(15-31-35)24(36)32-17-4-3-8-29-13-17/h3-5,7-10,13-15,18H,1-2,6,11-12H2,(H,32,36)(H,30,33,34). The van der Waals surface area contributed by atoms with Gasteiger partial charge < -0.3 is 10.6 Å². The van der Waals surface area contributed by atoms with Gasteiger partial charge >= 0.3 is 0 Å². The average Bonchev–Trinajstić information content (AvgIpc) is 3.16. The minimum atomic E-state index is -2.60. The van der Waals surface area contributed by atoms with Crippen molar-refractivity contribution in [1.29, 1.82) is 0 Å². The van der Waals surface area contributed by atoms with Crippen LogP contribution >= 0.6 is 0 Å². The van der Waals surface area contributed by atoms with Crippen LogP contribution in [0.5, 0.6) is 0 Å². The molecular weight excluding hydrogens is 464 g/mol. The van der Waals surface area contributed by atoms with Crippen molar-refractivity contribution in [2.24, 2.45) is 0 Å². The van der Waals surface area contributed by atoms with Crippen LogP contribution in [0.15, 0.2) is 61.3 Å². The normalized spacial score (nSPS) is 17.0. The van der Waals surface area contributed by atoms with E-state index in [1.165, 1.54) is 0 Å². The Balaban J connectivity index is 1.30. The van der Waals surface area contributed by atoms with Crippen LogP contribution in [0.4, 0.5) is 20.4 Å². The van der Waals surface area contributed by atoms with E-state index in [2.05, 4.69) is 36.8 Å². The van der Waals surface area contributed by atoms with Gasteiger partial charge in [0.2, 0.25) is 5.95 Å². The van der Waals surface area contributed by atoms with Gasteiger partial charge in [-0.2, -0.15) is 5.10 Å². The van der Waals surface area contributed by atoms with Crippen LogP contribution in [0.25, 0.3) is 11.1 Å². The number of hydrogen-bond donors (Lipinski definition) is 2. The van der Waals surface area contributed by atoms with E-state index >= 15 is 0 Å². The van der Waals surface area contributed by atoms with Crippen molar-refractivity contribution in [2.75, 3.05) is 10.6 Å². The number of carbonyl (C=O) groups is 1. The van der Waals surface area contributed by atoms with Crippen LogP contribution in [-0.2, 0) is 6.42 Å². The molecule has 4 heterocycles. The van der Waals surface area contributed by atoms with Gasteiger partial charge in [-0.05, 0) is 54.7 Å². The molecule has 2 aliphatic carbocycles. The Morgan fingerprint density at radius 3 is 2.86 bits per heavy atom. The van der Waals surface area contributed by atoms with E-state index in [0.717, 1.165) is 41.7 Å². The molecule has 0 aromatic carbocycles. The van der Waals surface area contributed by atoms with E-state index in [1.807, 2.05) is 18.3 Å². The summed E-state index contributed by atoms with van der Waals surface area (Å²) in [6.07, 6.45) is 12.7. The molecular formula is C26H23F2N7O. The molecule has 36 heavy (non-hydrogen) atoms. The molecule has 0 atom stereocenters. The zero-order valence-corrected chi connectivity index (χ0v) is 19.3. The van der Waals surface area contributed by atoms with Crippen LogP contribution in [0, 0.1) is 0 Å². The second kappa shape index (κ2) is 8.78. The Kier molecular flexibility index (Phi) is 5.43. The maximum atomic E-state index is 13.2. The van der Waals surface area contributed by atoms with Crippen molar-refractivity contribution in [1.82, 2.24) is 24.6 Å². The van der Waals surface area contributed by atoms with Crippen molar-refractivity contribution in [3.05, 3.63) is 83.7 Å². The fourth-order valence-corrected chi connectivity index (χ4v) is 4.71. The number of rotatable bonds is 5. The fourth-order valence-electron chi connectivity index (χ4n) is 4.71. The van der Waals surface area contributed by atoms with Crippen molar-refractivity contribution in [3.8, 4) is 0 Å². The number of fused-ring (bicyclic) bond motifs is 2. The summed E-state index contributed by atoms with van der Waals surface area (Å²) in [5.74, 6) is -2.48. The molecule has 6 rings (SSSR count). The third-order valence-electron chi connectivity index (χ3n) is 6.54. The molecule has 4 aromatic rings. The summed E-state index contributed by atoms with van der Waals surface area (Å²) in [6, 6.07) is 7.11. The van der Waals surface area contributed by atoms with Crippen molar-refractivity contribution < 1.29 is 13.6 Å². The lowest BCUT2D eigenvalue weighted by Crippen LogP contribution is -2.44. The first-order chi connectivity index (χ1) is 17.4. The number of carbonyl (C=O) groups excluding carboxylic acids is 1. The quantitative estimate of drug-likeness (QED) is 0.422. The van der Waals surface area contributed by atoms with Gasteiger partial charge in [0.05, 0.1) is 34.9 Å². The molecule has 2 N–H and O–H groups in total. The SMILES string of the molecule is O=C(Nc1cccnc1)c1cnn2ccc(C3=CCCCc4nc(NC5CC(F)(F)C5)ncc43)cc12. The first-order valence-electron chi connectivity index (χ1n) is 11.9. The highest BCUT2D eigenvalue weighted by Gasteiger charge is 2.45. The Morgan fingerprint density at radius 2 is 2.06 bits per heavy atom. The molecule has 1 saturated carbocycles. The second-order valence-corrected chi connectivity index (χ2v) is 9.17. The van der Waals surface area contributed by atoms with Gasteiger partial charge in [0.25, 0.3) is 11.8 Å². The molecule has 4 aromatic heterocycles. The number of anilines is 2. The Morgan fingerprint density at radius 1 is 1.17 bits per heavy atom. The zero-order valence-electron chi connectivity index (χ0n) is 19.3. The van der Waals surface area contributed by atoms with Crippen molar-refractivity contribution >= 4 is 28.6 Å². The van der Waals surface area contributed by atoms with Crippen LogP contribution in [0.1, 0.15) is 52.9 Å². The van der Waals surface area contributed by atoms with Crippen LogP contribution in [-0.4, -0.2) is 42.4 Å². The van der Waals surface area contributed by atoms with Gasteiger partial charge in [-0.15, -0.1) is 0 Å². The molecule has 0 saturated heterocycles. The van der Waals surface area contributed by atoms with Crippen molar-refractivity contribution in [3.63, 3.8) is 0 Å². The van der Waals surface area contributed by atoms with E-state index in [4.69, 9.17) is 0 Å². The summed E-state index contributed by atoms with van der Waals surface area (Å²) in [6.45, 7) is 0. The number of amides is 1. The predicted octanol–water partition coefficient (Wildman–Crippen LogP) is 4.75. The number of allylic oxidation sites excluding steroid dienone is 1. The van der Waals surface area contributed by atoms with Gasteiger partial charge in [0, 0.05) is 43.0 Å². The maximum absolute atomic E-state index is 13.2. The summed E-state index contributed by atoms with van der Waals surface area (Å²) >= 11 is 0. The smallest absolute Gasteiger partial charge is 0.259 e. The molecule has 182 valence electrons. The van der Waals surface area contributed by atoms with Crippen LogP contribution in [0.3, 0.4) is 0 Å². The van der Waals surface area contributed by atoms with Gasteiger partial charge in [-0.25, -0.2) is 23.3 Å². The maximum Gasteiger partial charge on any atom is 0.259 e. The largest absolute Gasteiger partial charge is 0.351 e. The van der Waals surface area contributed by atoms with Gasteiger partial charge in [-0.3, -0.25) is 9.78 Å². The van der Waals surface area contributed by atoms with E-state index in [9.17, 15) is 13.6 Å². The number of nitrogens with one attached hydrogen (secondary N) is 2. The molecule has 2 aliphatic rings. The summed E-state index contributed by atoms with van der Waals surface area (Å²) in [7, 11) is 0. The Hall–Kier alpha value is -4.21. The minimum absolute atomic E-state index is 0.194. The summed E-state index contributed by atoms with van der Waals surface area (Å²) < 4.78 is 28.1. The zero-order chi connectivity index (χ0) is 24.7. The third-order valence-corrected chi connectivity index (χ3v) is 6.54. The monoisotopic (exact) mass is 487 g/mol. The molecule has 0 radical (unpaired) electrons. The number of aryl methyl sites for hydroxylation is 1. The van der Waals surface area contributed by atoms with Gasteiger partial charge in [-0.1, -0.05) is 6.08 Å². The molecule has 0 aliphatic heterocycles. The van der Waals surface area contributed by atoms with Crippen molar-refractivity contribution in [2.45, 2.75) is 44.1 Å². The topological polar surface area (TPSA) is 97.1 Å². The molecule has 1 fully saturated rings. The highest BCUT2D eigenvalue weighted by molar-refractivity contribution is 6.09. The number of halogens is 2. The lowest BCUT2D eigenvalue weighted by Gasteiger charge is -2.35. The Bertz CT molecular complexity index is 1470. The lowest BCUT2D eigenvalue weighted by atomic mass is 9.88. The first kappa shape index (κ1) is 22.3. The second-order valence-electron chi connectivity index (χ2n) is 9.17. The molecule has 0 bridgehead atoms. The van der Waals surface area contributed by atoms with Gasteiger partial charge in [0.15, 0.2) is 0 Å². The van der Waals surface area contributed by atoms with Crippen LogP contribution < -0.4 is 10.6 Å². The highest BCUT2D eigenvalue weighted by atomic mass is 19.3. The number of hydrogen-bond acceptors (Lipinski definition) is 6. The van der Waals surface area contributed by atoms with Gasteiger partial charge in [0.1, 0.15) is 0 Å². The number of alkyl halides is 2. The summed E-state index contributed by atoms with van der Waals surface area (Å²) in [5.41, 5.74) is 5.41. The molecule has 1 amide bonds. The fraction of sp³-hybridized carbons (Fsp3) is 0.269. The Labute approximate surface area is 205 Å². The van der Waals surface area contributed by atoms with E-state index in [-0.39, 0.29) is 24.8 Å². The summed E-state index contributed by atoms with van der Waals surface area (Å²) in [4.78, 5) is 26.1. The number of pyridine rings is 2. The minimum Gasteiger partial charge on any atom is -0.351 e. The van der Waals surface area contributed by atoms with E-state index < -0.39 is 5.92 Å².